The molecule has 0 spiro atoms. The fourth-order valence-corrected chi connectivity index (χ4v) is 3.40. The monoisotopic (exact) mass is 330 g/mol. The van der Waals surface area contributed by atoms with Gasteiger partial charge in [0, 0.05) is 32.5 Å². The van der Waals surface area contributed by atoms with Crippen LogP contribution in [0.25, 0.3) is 0 Å². The van der Waals surface area contributed by atoms with Crippen LogP contribution in [-0.2, 0) is 16.0 Å². The standard InChI is InChI=1S/C20H30N2O2/c1-17(23)10-11-20(24)22(14-12-18-7-4-3-5-8-18)16-19-9-6-13-21(2)15-19/h3-5,7-8,19H,6,9-16H2,1-2H3. The lowest BCUT2D eigenvalue weighted by Gasteiger charge is -2.34. The first-order valence-corrected chi connectivity index (χ1v) is 9.04. The molecular weight excluding hydrogens is 300 g/mol. The van der Waals surface area contributed by atoms with Gasteiger partial charge in [0.2, 0.25) is 5.91 Å². The third kappa shape index (κ3) is 6.44. The van der Waals surface area contributed by atoms with Gasteiger partial charge in [-0.2, -0.15) is 0 Å². The molecule has 0 bridgehead atoms. The van der Waals surface area contributed by atoms with Gasteiger partial charge in [-0.3, -0.25) is 4.79 Å². The van der Waals surface area contributed by atoms with Gasteiger partial charge in [-0.1, -0.05) is 30.3 Å². The van der Waals surface area contributed by atoms with Gasteiger partial charge in [-0.05, 0) is 51.3 Å². The van der Waals surface area contributed by atoms with Crippen molar-refractivity contribution >= 4 is 11.7 Å². The molecule has 1 aromatic carbocycles. The Bertz CT molecular complexity index is 530. The Hall–Kier alpha value is -1.68. The SMILES string of the molecule is CC(=O)CCC(=O)N(CCc1ccccc1)CC1CCCN(C)C1. The fraction of sp³-hybridized carbons (Fsp3) is 0.600. The molecule has 24 heavy (non-hydrogen) atoms. The normalized spacial score (nSPS) is 18.3. The van der Waals surface area contributed by atoms with E-state index in [9.17, 15) is 9.59 Å². The third-order valence-corrected chi connectivity index (χ3v) is 4.76. The minimum absolute atomic E-state index is 0.0868. The van der Waals surface area contributed by atoms with Crippen LogP contribution in [0.15, 0.2) is 30.3 Å². The van der Waals surface area contributed by atoms with Gasteiger partial charge in [-0.25, -0.2) is 0 Å². The van der Waals surface area contributed by atoms with Crippen molar-refractivity contribution in [2.24, 2.45) is 5.92 Å². The summed E-state index contributed by atoms with van der Waals surface area (Å²) < 4.78 is 0. The van der Waals surface area contributed by atoms with Crippen LogP contribution in [0.4, 0.5) is 0 Å². The summed E-state index contributed by atoms with van der Waals surface area (Å²) in [6.45, 7) is 5.31. The predicted molar refractivity (Wildman–Crippen MR) is 96.9 cm³/mol. The molecule has 132 valence electrons. The lowest BCUT2D eigenvalue weighted by molar-refractivity contribution is -0.133. The van der Waals surface area contributed by atoms with Crippen LogP contribution in [0.1, 0.15) is 38.2 Å². The Balaban J connectivity index is 1.94. The van der Waals surface area contributed by atoms with Gasteiger partial charge in [0.1, 0.15) is 5.78 Å². The molecule has 2 rings (SSSR count). The zero-order valence-corrected chi connectivity index (χ0v) is 15.0. The number of nitrogens with zero attached hydrogens (tertiary/aromatic N) is 2. The van der Waals surface area contributed by atoms with Gasteiger partial charge in [0.25, 0.3) is 0 Å². The summed E-state index contributed by atoms with van der Waals surface area (Å²) in [6.07, 6.45) is 3.95. The number of hydrogen-bond acceptors (Lipinski definition) is 3. The van der Waals surface area contributed by atoms with Crippen LogP contribution in [-0.4, -0.2) is 54.7 Å². The van der Waals surface area contributed by atoms with E-state index < -0.39 is 0 Å². The summed E-state index contributed by atoms with van der Waals surface area (Å²) in [6, 6.07) is 10.3. The van der Waals surface area contributed by atoms with Crippen molar-refractivity contribution in [1.82, 2.24) is 9.80 Å². The number of likely N-dealkylation sites (tertiary alicyclic amines) is 1. The van der Waals surface area contributed by atoms with Gasteiger partial charge in [0.05, 0.1) is 0 Å². The number of hydrogen-bond donors (Lipinski definition) is 0. The molecule has 1 unspecified atom stereocenters. The molecule has 1 heterocycles. The van der Waals surface area contributed by atoms with Crippen molar-refractivity contribution in [2.45, 2.75) is 39.0 Å². The Kier molecular flexibility index (Phi) is 7.44. The number of Topliss-reactive ketones (excluding diaryl/α,β-unsaturated/α-hetero) is 1. The maximum absolute atomic E-state index is 12.6. The Labute approximate surface area is 145 Å². The van der Waals surface area contributed by atoms with Crippen LogP contribution in [0, 0.1) is 5.92 Å². The second-order valence-corrected chi connectivity index (χ2v) is 7.05. The van der Waals surface area contributed by atoms with Crippen LogP contribution < -0.4 is 0 Å². The summed E-state index contributed by atoms with van der Waals surface area (Å²) in [4.78, 5) is 28.1. The highest BCUT2D eigenvalue weighted by atomic mass is 16.2. The molecule has 0 saturated carbocycles. The van der Waals surface area contributed by atoms with E-state index in [4.69, 9.17) is 0 Å². The molecule has 1 amide bonds. The average Bonchev–Trinajstić information content (AvgIpc) is 2.57. The van der Waals surface area contributed by atoms with Crippen molar-refractivity contribution in [2.75, 3.05) is 33.2 Å². The van der Waals surface area contributed by atoms with Crippen LogP contribution in [0.5, 0.6) is 0 Å². The summed E-state index contributed by atoms with van der Waals surface area (Å²) in [7, 11) is 2.15. The Morgan fingerprint density at radius 1 is 1.21 bits per heavy atom. The molecule has 0 aliphatic carbocycles. The van der Waals surface area contributed by atoms with Crippen molar-refractivity contribution in [3.05, 3.63) is 35.9 Å². The number of ketones is 1. The molecule has 0 N–H and O–H groups in total. The largest absolute Gasteiger partial charge is 0.342 e. The van der Waals surface area contributed by atoms with Gasteiger partial charge in [-0.15, -0.1) is 0 Å². The Morgan fingerprint density at radius 2 is 1.96 bits per heavy atom. The quantitative estimate of drug-likeness (QED) is 0.736. The van der Waals surface area contributed by atoms with E-state index in [2.05, 4.69) is 24.1 Å². The first kappa shape index (κ1) is 18.7. The molecule has 1 fully saturated rings. The molecule has 4 nitrogen and oxygen atoms in total. The number of benzene rings is 1. The highest BCUT2D eigenvalue weighted by Crippen LogP contribution is 2.17. The van der Waals surface area contributed by atoms with Crippen LogP contribution in [0.3, 0.4) is 0 Å². The zero-order valence-electron chi connectivity index (χ0n) is 15.0. The molecule has 0 radical (unpaired) electrons. The van der Waals surface area contributed by atoms with Crippen molar-refractivity contribution in [1.29, 1.82) is 0 Å². The van der Waals surface area contributed by atoms with E-state index in [-0.39, 0.29) is 11.7 Å². The first-order chi connectivity index (χ1) is 11.5. The van der Waals surface area contributed by atoms with Gasteiger partial charge in [0.15, 0.2) is 0 Å². The second-order valence-electron chi connectivity index (χ2n) is 7.05. The smallest absolute Gasteiger partial charge is 0.223 e. The first-order valence-electron chi connectivity index (χ1n) is 9.04. The maximum atomic E-state index is 12.6. The highest BCUT2D eigenvalue weighted by Gasteiger charge is 2.22. The van der Waals surface area contributed by atoms with Gasteiger partial charge < -0.3 is 14.6 Å². The molecule has 1 atom stereocenters. The number of rotatable bonds is 8. The molecular formula is C20H30N2O2. The summed E-state index contributed by atoms with van der Waals surface area (Å²) in [5.74, 6) is 0.749. The van der Waals surface area contributed by atoms with E-state index in [0.29, 0.717) is 18.8 Å². The second kappa shape index (κ2) is 9.58. The molecule has 1 aromatic rings. The van der Waals surface area contributed by atoms with E-state index >= 15 is 0 Å². The number of amides is 1. The molecule has 1 aliphatic heterocycles. The van der Waals surface area contributed by atoms with Crippen molar-refractivity contribution in [3.8, 4) is 0 Å². The minimum atomic E-state index is 0.0868. The Morgan fingerprint density at radius 3 is 2.62 bits per heavy atom. The molecule has 4 heteroatoms. The summed E-state index contributed by atoms with van der Waals surface area (Å²) >= 11 is 0. The zero-order chi connectivity index (χ0) is 17.4. The number of piperidine rings is 1. The fourth-order valence-electron chi connectivity index (χ4n) is 3.40. The maximum Gasteiger partial charge on any atom is 0.223 e. The van der Waals surface area contributed by atoms with E-state index in [0.717, 1.165) is 32.6 Å². The summed E-state index contributed by atoms with van der Waals surface area (Å²) in [5, 5.41) is 0. The highest BCUT2D eigenvalue weighted by molar-refractivity contribution is 5.83. The van der Waals surface area contributed by atoms with Crippen LogP contribution >= 0.6 is 0 Å². The minimum Gasteiger partial charge on any atom is -0.342 e. The van der Waals surface area contributed by atoms with E-state index in [1.165, 1.54) is 18.4 Å². The third-order valence-electron chi connectivity index (χ3n) is 4.76. The molecule has 1 saturated heterocycles. The molecule has 1 aliphatic rings. The topological polar surface area (TPSA) is 40.6 Å². The lowest BCUT2D eigenvalue weighted by atomic mass is 9.97. The van der Waals surface area contributed by atoms with E-state index in [1.54, 1.807) is 6.92 Å². The molecule has 0 aromatic heterocycles. The lowest BCUT2D eigenvalue weighted by Crippen LogP contribution is -2.42. The predicted octanol–water partition coefficient (Wildman–Crippen LogP) is 2.77. The summed E-state index contributed by atoms with van der Waals surface area (Å²) in [5.41, 5.74) is 1.25. The van der Waals surface area contributed by atoms with Crippen molar-refractivity contribution < 1.29 is 9.59 Å². The van der Waals surface area contributed by atoms with Gasteiger partial charge >= 0.3 is 0 Å². The van der Waals surface area contributed by atoms with Crippen molar-refractivity contribution in [3.63, 3.8) is 0 Å². The number of carbonyl (C=O) groups excluding carboxylic acids is 2. The van der Waals surface area contributed by atoms with Crippen LogP contribution in [0.2, 0.25) is 0 Å². The average molecular weight is 330 g/mol. The number of carbonyl (C=O) groups is 2. The van der Waals surface area contributed by atoms with E-state index in [1.807, 2.05) is 23.1 Å².